The van der Waals surface area contributed by atoms with E-state index in [1.54, 1.807) is 0 Å². The Morgan fingerprint density at radius 3 is 2.16 bits per heavy atom. The summed E-state index contributed by atoms with van der Waals surface area (Å²) in [7, 11) is 0. The maximum atomic E-state index is 9.82. The Morgan fingerprint density at radius 1 is 0.816 bits per heavy atom. The molecule has 38 heavy (non-hydrogen) atoms. The van der Waals surface area contributed by atoms with Gasteiger partial charge in [-0.2, -0.15) is 0 Å². The van der Waals surface area contributed by atoms with Crippen molar-refractivity contribution in [1.82, 2.24) is 29.8 Å². The Balaban J connectivity index is 0.00000164. The number of aromatic nitrogens is 6. The third-order valence-electron chi connectivity index (χ3n) is 6.21. The minimum atomic E-state index is -0.140. The fourth-order valence-electron chi connectivity index (χ4n) is 4.42. The van der Waals surface area contributed by atoms with Crippen LogP contribution in [0.3, 0.4) is 0 Å². The van der Waals surface area contributed by atoms with Crippen molar-refractivity contribution in [2.75, 3.05) is 0 Å². The Morgan fingerprint density at radius 2 is 1.47 bits per heavy atom. The number of hydrogen-bond donors (Lipinski definition) is 1. The second kappa shape index (κ2) is 13.1. The molecule has 0 amide bonds. The highest BCUT2D eigenvalue weighted by Gasteiger charge is 2.17. The first kappa shape index (κ1) is 27.2. The van der Waals surface area contributed by atoms with Gasteiger partial charge in [-0.1, -0.05) is 111 Å². The molecule has 0 bridgehead atoms. The highest BCUT2D eigenvalue weighted by atomic mass is 35.5. The van der Waals surface area contributed by atoms with E-state index in [0.717, 1.165) is 52.3 Å². The SMILES string of the molecule is CC.CCCc1nc(Cl)c(CO)n1Cc1ccc(-c2ccccc2-c2nnnn2Cc2ccccc2)cc1. The summed E-state index contributed by atoms with van der Waals surface area (Å²) in [6.45, 7) is 7.16. The first-order chi connectivity index (χ1) is 18.7. The summed E-state index contributed by atoms with van der Waals surface area (Å²) < 4.78 is 3.85. The van der Waals surface area contributed by atoms with E-state index in [2.05, 4.69) is 76.0 Å². The Kier molecular flexibility index (Phi) is 9.40. The smallest absolute Gasteiger partial charge is 0.182 e. The van der Waals surface area contributed by atoms with Crippen molar-refractivity contribution in [3.63, 3.8) is 0 Å². The van der Waals surface area contributed by atoms with Crippen molar-refractivity contribution in [1.29, 1.82) is 0 Å². The highest BCUT2D eigenvalue weighted by molar-refractivity contribution is 6.30. The van der Waals surface area contributed by atoms with E-state index in [4.69, 9.17) is 11.6 Å². The van der Waals surface area contributed by atoms with Crippen LogP contribution in [0, 0.1) is 0 Å². The largest absolute Gasteiger partial charge is 0.390 e. The van der Waals surface area contributed by atoms with Crippen molar-refractivity contribution in [2.24, 2.45) is 0 Å². The molecule has 0 fully saturated rings. The first-order valence-corrected chi connectivity index (χ1v) is 13.4. The summed E-state index contributed by atoms with van der Waals surface area (Å²) >= 11 is 6.28. The van der Waals surface area contributed by atoms with Gasteiger partial charge in [0.2, 0.25) is 0 Å². The van der Waals surface area contributed by atoms with Crippen LogP contribution in [-0.4, -0.2) is 34.9 Å². The molecule has 0 atom stereocenters. The standard InChI is InChI=1S/C28H27ClN6O.C2H6/c1-2-8-26-30-27(29)25(19-36)34(26)17-21-13-15-22(16-14-21)23-11-6-7-12-24(23)28-31-32-33-35(28)18-20-9-4-3-5-10-20;1-2/h3-7,9-16,36H,2,8,17-19H2,1H3;1-2H3. The van der Waals surface area contributed by atoms with Crippen LogP contribution in [0.25, 0.3) is 22.5 Å². The van der Waals surface area contributed by atoms with Gasteiger partial charge in [0, 0.05) is 18.5 Å². The van der Waals surface area contributed by atoms with E-state index in [0.29, 0.717) is 23.9 Å². The second-order valence-electron chi connectivity index (χ2n) is 8.65. The zero-order chi connectivity index (χ0) is 26.9. The number of rotatable bonds is 9. The van der Waals surface area contributed by atoms with Crippen LogP contribution in [0.1, 0.15) is 49.8 Å². The molecule has 0 aliphatic carbocycles. The molecule has 0 aliphatic heterocycles. The fourth-order valence-corrected chi connectivity index (χ4v) is 4.68. The number of imidazole rings is 1. The summed E-state index contributed by atoms with van der Waals surface area (Å²) in [4.78, 5) is 4.46. The number of benzene rings is 3. The molecular formula is C30H33ClN6O. The second-order valence-corrected chi connectivity index (χ2v) is 9.01. The van der Waals surface area contributed by atoms with Gasteiger partial charge in [-0.05, 0) is 39.1 Å². The first-order valence-electron chi connectivity index (χ1n) is 13.0. The lowest BCUT2D eigenvalue weighted by atomic mass is 9.98. The summed E-state index contributed by atoms with van der Waals surface area (Å²) in [5.41, 5.74) is 5.99. The van der Waals surface area contributed by atoms with Gasteiger partial charge in [-0.15, -0.1) is 5.10 Å². The van der Waals surface area contributed by atoms with E-state index < -0.39 is 0 Å². The van der Waals surface area contributed by atoms with Crippen LogP contribution in [-0.2, 0) is 26.1 Å². The average Bonchev–Trinajstić information content (AvgIpc) is 3.54. The predicted molar refractivity (Wildman–Crippen MR) is 152 cm³/mol. The molecular weight excluding hydrogens is 496 g/mol. The van der Waals surface area contributed by atoms with Gasteiger partial charge in [0.05, 0.1) is 18.8 Å². The molecule has 0 unspecified atom stereocenters. The molecule has 2 aromatic heterocycles. The maximum absolute atomic E-state index is 9.82. The Bertz CT molecular complexity index is 1440. The van der Waals surface area contributed by atoms with E-state index in [-0.39, 0.29) is 6.61 Å². The molecule has 7 nitrogen and oxygen atoms in total. The van der Waals surface area contributed by atoms with Gasteiger partial charge < -0.3 is 9.67 Å². The van der Waals surface area contributed by atoms with Crippen molar-refractivity contribution < 1.29 is 5.11 Å². The number of hydrogen-bond acceptors (Lipinski definition) is 5. The molecule has 0 saturated heterocycles. The average molecular weight is 529 g/mol. The van der Waals surface area contributed by atoms with Gasteiger partial charge >= 0.3 is 0 Å². The molecule has 0 radical (unpaired) electrons. The molecule has 8 heteroatoms. The third kappa shape index (κ3) is 6.01. The summed E-state index contributed by atoms with van der Waals surface area (Å²) in [5, 5.41) is 22.7. The third-order valence-corrected chi connectivity index (χ3v) is 6.51. The van der Waals surface area contributed by atoms with Crippen LogP contribution in [0.2, 0.25) is 5.15 Å². The molecule has 2 heterocycles. The maximum Gasteiger partial charge on any atom is 0.182 e. The quantitative estimate of drug-likeness (QED) is 0.238. The molecule has 0 saturated carbocycles. The number of aryl methyl sites for hydroxylation is 1. The van der Waals surface area contributed by atoms with Gasteiger partial charge in [0.25, 0.3) is 0 Å². The fraction of sp³-hybridized carbons (Fsp3) is 0.267. The van der Waals surface area contributed by atoms with Crippen LogP contribution in [0.5, 0.6) is 0 Å². The molecule has 0 aliphatic rings. The summed E-state index contributed by atoms with van der Waals surface area (Å²) in [6.07, 6.45) is 1.76. The highest BCUT2D eigenvalue weighted by Crippen LogP contribution is 2.31. The van der Waals surface area contributed by atoms with Gasteiger partial charge in [-0.25, -0.2) is 9.67 Å². The number of aliphatic hydroxyl groups excluding tert-OH is 1. The molecule has 0 spiro atoms. The molecule has 196 valence electrons. The van der Waals surface area contributed by atoms with E-state index in [9.17, 15) is 5.11 Å². The van der Waals surface area contributed by atoms with Crippen LogP contribution in [0.4, 0.5) is 0 Å². The molecule has 5 rings (SSSR count). The van der Waals surface area contributed by atoms with Crippen molar-refractivity contribution in [2.45, 2.75) is 53.3 Å². The van der Waals surface area contributed by atoms with Crippen molar-refractivity contribution >= 4 is 11.6 Å². The summed E-state index contributed by atoms with van der Waals surface area (Å²) in [5.74, 6) is 1.62. The predicted octanol–water partition coefficient (Wildman–Crippen LogP) is 6.42. The van der Waals surface area contributed by atoms with Gasteiger partial charge in [0.15, 0.2) is 11.0 Å². The minimum Gasteiger partial charge on any atom is -0.390 e. The van der Waals surface area contributed by atoms with E-state index in [1.165, 1.54) is 0 Å². The van der Waals surface area contributed by atoms with Gasteiger partial charge in [-0.3, -0.25) is 0 Å². The monoisotopic (exact) mass is 528 g/mol. The normalized spacial score (nSPS) is 10.8. The lowest BCUT2D eigenvalue weighted by Crippen LogP contribution is -2.09. The molecule has 3 aromatic carbocycles. The molecule has 5 aromatic rings. The molecule has 1 N–H and O–H groups in total. The van der Waals surface area contributed by atoms with Crippen LogP contribution < -0.4 is 0 Å². The minimum absolute atomic E-state index is 0.140. The van der Waals surface area contributed by atoms with Crippen LogP contribution >= 0.6 is 11.6 Å². The zero-order valence-corrected chi connectivity index (χ0v) is 22.8. The number of halogens is 1. The Hall–Kier alpha value is -3.81. The summed E-state index contributed by atoms with van der Waals surface area (Å²) in [6, 6.07) is 26.7. The van der Waals surface area contributed by atoms with Crippen LogP contribution in [0.15, 0.2) is 78.9 Å². The lowest BCUT2D eigenvalue weighted by molar-refractivity contribution is 0.271. The number of nitrogens with zero attached hydrogens (tertiary/aromatic N) is 6. The lowest BCUT2D eigenvalue weighted by Gasteiger charge is -2.13. The van der Waals surface area contributed by atoms with E-state index in [1.807, 2.05) is 53.4 Å². The zero-order valence-electron chi connectivity index (χ0n) is 22.0. The van der Waals surface area contributed by atoms with Crippen molar-refractivity contribution in [3.05, 3.63) is 107 Å². The number of tetrazole rings is 1. The Labute approximate surface area is 228 Å². The number of aliphatic hydroxyl groups is 1. The van der Waals surface area contributed by atoms with E-state index >= 15 is 0 Å². The topological polar surface area (TPSA) is 81.7 Å². The van der Waals surface area contributed by atoms with Gasteiger partial charge in [0.1, 0.15) is 5.82 Å². The van der Waals surface area contributed by atoms with Crippen molar-refractivity contribution in [3.8, 4) is 22.5 Å².